The van der Waals surface area contributed by atoms with Crippen LogP contribution < -0.4 is 5.32 Å². The van der Waals surface area contributed by atoms with Gasteiger partial charge in [0.1, 0.15) is 25.8 Å². The minimum atomic E-state index is -1.40. The van der Waals surface area contributed by atoms with Crippen LogP contribution in [0.15, 0.2) is 78.9 Å². The molecule has 9 nitrogen and oxygen atoms in total. The van der Waals surface area contributed by atoms with Gasteiger partial charge in [-0.05, 0) is 48.6 Å². The highest BCUT2D eigenvalue weighted by molar-refractivity contribution is 5.92. The van der Waals surface area contributed by atoms with Crippen molar-refractivity contribution in [3.8, 4) is 11.1 Å². The third-order valence-electron chi connectivity index (χ3n) is 6.92. The molecular weight excluding hydrogens is 524 g/mol. The number of nitrogens with zero attached hydrogens (tertiary/aromatic N) is 1. The van der Waals surface area contributed by atoms with Gasteiger partial charge >= 0.3 is 18.0 Å². The highest BCUT2D eigenvalue weighted by Crippen LogP contribution is 2.44. The molecular formula is C32H34N2O7. The number of amides is 2. The van der Waals surface area contributed by atoms with E-state index in [0.717, 1.165) is 32.7 Å². The zero-order chi connectivity index (χ0) is 29.6. The molecule has 0 unspecified atom stereocenters. The minimum absolute atomic E-state index is 0.0103. The van der Waals surface area contributed by atoms with Crippen molar-refractivity contribution in [2.75, 3.05) is 13.2 Å². The van der Waals surface area contributed by atoms with Gasteiger partial charge in [-0.15, -0.1) is 0 Å². The maximum Gasteiger partial charge on any atom is 0.407 e. The van der Waals surface area contributed by atoms with Crippen molar-refractivity contribution < 1.29 is 33.8 Å². The Balaban J connectivity index is 1.48. The van der Waals surface area contributed by atoms with Crippen molar-refractivity contribution in [1.29, 1.82) is 0 Å². The summed E-state index contributed by atoms with van der Waals surface area (Å²) in [6.07, 6.45) is -1.40. The van der Waals surface area contributed by atoms with Crippen molar-refractivity contribution in [3.05, 3.63) is 95.6 Å². The predicted molar refractivity (Wildman–Crippen MR) is 152 cm³/mol. The lowest BCUT2D eigenvalue weighted by Gasteiger charge is -2.36. The number of carboxylic acids is 1. The number of fused-ring (bicyclic) bond motifs is 3. The standard InChI is InChI=1S/C32H34N2O7/c1-32(2,3)34(18-28(35)36)30(38)27(17-29(37)40-19-21-11-5-4-6-12-21)33-31(39)41-20-26-24-15-9-7-13-22(24)23-14-8-10-16-25(23)26/h4-16,26-27H,17-20H2,1-3H3,(H,33,39)(H,35,36)/t27-/m0/s1. The number of esters is 1. The Morgan fingerprint density at radius 2 is 1.41 bits per heavy atom. The quantitative estimate of drug-likeness (QED) is 0.345. The topological polar surface area (TPSA) is 122 Å². The van der Waals surface area contributed by atoms with E-state index in [2.05, 4.69) is 5.32 Å². The number of ether oxygens (including phenoxy) is 2. The fraction of sp³-hybridized carbons (Fsp3) is 0.312. The molecule has 2 amide bonds. The van der Waals surface area contributed by atoms with E-state index in [-0.39, 0.29) is 19.1 Å². The largest absolute Gasteiger partial charge is 0.480 e. The van der Waals surface area contributed by atoms with Gasteiger partial charge < -0.3 is 24.8 Å². The Morgan fingerprint density at radius 1 is 0.854 bits per heavy atom. The molecule has 0 saturated carbocycles. The van der Waals surface area contributed by atoms with Crippen LogP contribution in [-0.2, 0) is 30.5 Å². The lowest BCUT2D eigenvalue weighted by Crippen LogP contribution is -2.56. The fourth-order valence-electron chi connectivity index (χ4n) is 4.92. The molecule has 1 aliphatic rings. The van der Waals surface area contributed by atoms with Gasteiger partial charge in [0.05, 0.1) is 6.42 Å². The first-order chi connectivity index (χ1) is 19.5. The number of carbonyl (C=O) groups excluding carboxylic acids is 3. The van der Waals surface area contributed by atoms with Crippen molar-refractivity contribution in [1.82, 2.24) is 10.2 Å². The van der Waals surface area contributed by atoms with Crippen LogP contribution in [0.25, 0.3) is 11.1 Å². The smallest absolute Gasteiger partial charge is 0.407 e. The lowest BCUT2D eigenvalue weighted by molar-refractivity contribution is -0.152. The van der Waals surface area contributed by atoms with E-state index in [4.69, 9.17) is 9.47 Å². The maximum atomic E-state index is 13.5. The average molecular weight is 559 g/mol. The molecule has 4 rings (SSSR count). The molecule has 214 valence electrons. The van der Waals surface area contributed by atoms with Gasteiger partial charge in [-0.2, -0.15) is 0 Å². The molecule has 0 spiro atoms. The van der Waals surface area contributed by atoms with Crippen LogP contribution in [-0.4, -0.2) is 58.7 Å². The van der Waals surface area contributed by atoms with Crippen LogP contribution in [0.1, 0.15) is 49.8 Å². The summed E-state index contributed by atoms with van der Waals surface area (Å²) in [5.74, 6) is -2.88. The van der Waals surface area contributed by atoms with Crippen molar-refractivity contribution in [2.45, 2.75) is 51.3 Å². The van der Waals surface area contributed by atoms with Gasteiger partial charge in [0, 0.05) is 11.5 Å². The van der Waals surface area contributed by atoms with Gasteiger partial charge in [0.15, 0.2) is 0 Å². The molecule has 9 heteroatoms. The van der Waals surface area contributed by atoms with Gasteiger partial charge in [-0.1, -0.05) is 78.9 Å². The Kier molecular flexibility index (Phi) is 9.07. The molecule has 0 fully saturated rings. The van der Waals surface area contributed by atoms with Crippen LogP contribution in [0.4, 0.5) is 4.79 Å². The Bertz CT molecular complexity index is 1370. The molecule has 3 aromatic carbocycles. The van der Waals surface area contributed by atoms with E-state index in [1.807, 2.05) is 54.6 Å². The zero-order valence-corrected chi connectivity index (χ0v) is 23.3. The van der Waals surface area contributed by atoms with Gasteiger partial charge in [-0.3, -0.25) is 14.4 Å². The maximum absolute atomic E-state index is 13.5. The number of rotatable bonds is 10. The third kappa shape index (κ3) is 7.30. The number of carbonyl (C=O) groups is 4. The van der Waals surface area contributed by atoms with Crippen molar-refractivity contribution >= 4 is 23.9 Å². The predicted octanol–water partition coefficient (Wildman–Crippen LogP) is 4.74. The van der Waals surface area contributed by atoms with E-state index in [1.165, 1.54) is 0 Å². The van der Waals surface area contributed by atoms with Gasteiger partial charge in [-0.25, -0.2) is 4.79 Å². The summed E-state index contributed by atoms with van der Waals surface area (Å²) >= 11 is 0. The molecule has 0 bridgehead atoms. The highest BCUT2D eigenvalue weighted by atomic mass is 16.5. The number of hydrogen-bond donors (Lipinski definition) is 2. The lowest BCUT2D eigenvalue weighted by atomic mass is 9.98. The summed E-state index contributed by atoms with van der Waals surface area (Å²) in [7, 11) is 0. The molecule has 41 heavy (non-hydrogen) atoms. The Hall–Kier alpha value is -4.66. The number of aliphatic carboxylic acids is 1. The molecule has 0 aliphatic heterocycles. The van der Waals surface area contributed by atoms with E-state index < -0.39 is 48.5 Å². The second-order valence-corrected chi connectivity index (χ2v) is 10.9. The highest BCUT2D eigenvalue weighted by Gasteiger charge is 2.36. The summed E-state index contributed by atoms with van der Waals surface area (Å²) in [6.45, 7) is 4.41. The second-order valence-electron chi connectivity index (χ2n) is 10.9. The molecule has 1 aliphatic carbocycles. The first kappa shape index (κ1) is 29.3. The Labute approximate surface area is 239 Å². The molecule has 0 aromatic heterocycles. The molecule has 0 heterocycles. The summed E-state index contributed by atoms with van der Waals surface area (Å²) in [4.78, 5) is 52.0. The first-order valence-corrected chi connectivity index (χ1v) is 13.4. The second kappa shape index (κ2) is 12.7. The molecule has 2 N–H and O–H groups in total. The first-order valence-electron chi connectivity index (χ1n) is 13.4. The van der Waals surface area contributed by atoms with Crippen LogP contribution in [0, 0.1) is 0 Å². The van der Waals surface area contributed by atoms with Crippen LogP contribution in [0.3, 0.4) is 0 Å². The van der Waals surface area contributed by atoms with E-state index in [0.29, 0.717) is 0 Å². The van der Waals surface area contributed by atoms with Gasteiger partial charge in [0.25, 0.3) is 0 Å². The fourth-order valence-corrected chi connectivity index (χ4v) is 4.92. The third-order valence-corrected chi connectivity index (χ3v) is 6.92. The summed E-state index contributed by atoms with van der Waals surface area (Å²) in [6, 6.07) is 23.4. The van der Waals surface area contributed by atoms with Crippen LogP contribution in [0.5, 0.6) is 0 Å². The Morgan fingerprint density at radius 3 is 1.98 bits per heavy atom. The van der Waals surface area contributed by atoms with Crippen molar-refractivity contribution in [2.24, 2.45) is 0 Å². The van der Waals surface area contributed by atoms with Gasteiger partial charge in [0.2, 0.25) is 5.91 Å². The summed E-state index contributed by atoms with van der Waals surface area (Å²) in [5.41, 5.74) is 4.06. The molecule has 0 radical (unpaired) electrons. The van der Waals surface area contributed by atoms with E-state index in [9.17, 15) is 24.3 Å². The monoisotopic (exact) mass is 558 g/mol. The molecule has 0 saturated heterocycles. The number of nitrogens with one attached hydrogen (secondary N) is 1. The summed E-state index contributed by atoms with van der Waals surface area (Å²) < 4.78 is 10.9. The van der Waals surface area contributed by atoms with Crippen LogP contribution >= 0.6 is 0 Å². The number of hydrogen-bond acceptors (Lipinski definition) is 6. The summed E-state index contributed by atoms with van der Waals surface area (Å²) in [5, 5.41) is 11.9. The molecule has 1 atom stereocenters. The number of carboxylic acid groups (broad SMARTS) is 1. The number of alkyl carbamates (subject to hydrolysis) is 1. The zero-order valence-electron chi connectivity index (χ0n) is 23.3. The van der Waals surface area contributed by atoms with Crippen LogP contribution in [0.2, 0.25) is 0 Å². The number of benzene rings is 3. The average Bonchev–Trinajstić information content (AvgIpc) is 3.26. The van der Waals surface area contributed by atoms with Crippen molar-refractivity contribution in [3.63, 3.8) is 0 Å². The normalized spacial score (nSPS) is 13.0. The SMILES string of the molecule is CC(C)(C)N(CC(=O)O)C(=O)[C@H](CC(=O)OCc1ccccc1)NC(=O)OCC1c2ccccc2-c2ccccc21. The van der Waals surface area contributed by atoms with E-state index in [1.54, 1.807) is 45.0 Å². The van der Waals surface area contributed by atoms with E-state index >= 15 is 0 Å². The minimum Gasteiger partial charge on any atom is -0.480 e. The molecule has 3 aromatic rings.